The van der Waals surface area contributed by atoms with Crippen LogP contribution in [0.25, 0.3) is 0 Å². The van der Waals surface area contributed by atoms with Crippen LogP contribution in [0.5, 0.6) is 17.4 Å². The van der Waals surface area contributed by atoms with E-state index in [2.05, 4.69) is 21.9 Å². The quantitative estimate of drug-likeness (QED) is 0.425. The lowest BCUT2D eigenvalue weighted by Crippen LogP contribution is -2.41. The molecule has 3 aromatic rings. The molecule has 7 nitrogen and oxygen atoms in total. The van der Waals surface area contributed by atoms with Gasteiger partial charge in [0.05, 0.1) is 5.56 Å². The largest absolute Gasteiger partial charge is 0.439 e. The highest BCUT2D eigenvalue weighted by molar-refractivity contribution is 7.99. The summed E-state index contributed by atoms with van der Waals surface area (Å²) in [6.07, 6.45) is 1.15. The van der Waals surface area contributed by atoms with Crippen molar-refractivity contribution in [1.82, 2.24) is 19.9 Å². The zero-order valence-electron chi connectivity index (χ0n) is 18.3. The number of aromatic amines is 1. The summed E-state index contributed by atoms with van der Waals surface area (Å²) < 4.78 is 48.8. The van der Waals surface area contributed by atoms with Crippen molar-refractivity contribution in [2.45, 2.75) is 36.3 Å². The second kappa shape index (κ2) is 10.4. The molecule has 34 heavy (non-hydrogen) atoms. The summed E-state index contributed by atoms with van der Waals surface area (Å²) >= 11 is 1.70. The molecule has 2 aromatic heterocycles. The zero-order chi connectivity index (χ0) is 24.1. The molecule has 3 heterocycles. The van der Waals surface area contributed by atoms with Crippen molar-refractivity contribution in [2.75, 3.05) is 13.1 Å². The molecule has 1 N–H and O–H groups in total. The number of carbonyl (C=O) groups excluding carboxylic acids is 1. The number of amides is 1. The normalized spacial score (nSPS) is 15.7. The lowest BCUT2D eigenvalue weighted by Gasteiger charge is -2.33. The number of pyridine rings is 1. The number of halogens is 3. The topological polar surface area (TPSA) is 80.3 Å². The Balaban J connectivity index is 1.24. The van der Waals surface area contributed by atoms with Crippen LogP contribution in [-0.4, -0.2) is 44.3 Å². The van der Waals surface area contributed by atoms with Gasteiger partial charge in [-0.2, -0.15) is 13.2 Å². The summed E-state index contributed by atoms with van der Waals surface area (Å²) in [5.74, 6) is 1.21. The number of H-pyrrole nitrogens is 1. The number of carbonyl (C=O) groups is 1. The van der Waals surface area contributed by atoms with Crippen LogP contribution in [0.15, 0.2) is 60.1 Å². The van der Waals surface area contributed by atoms with Gasteiger partial charge in [0.1, 0.15) is 11.5 Å². The number of rotatable bonds is 6. The third kappa shape index (κ3) is 6.22. The van der Waals surface area contributed by atoms with Crippen molar-refractivity contribution in [3.63, 3.8) is 0 Å². The predicted octanol–water partition coefficient (Wildman–Crippen LogP) is 6.01. The van der Waals surface area contributed by atoms with E-state index in [1.54, 1.807) is 53.3 Å². The SMILES string of the molecule is CC(Sc1ncc[nH]1)C1CCN(C(=O)Oc2ccc(Oc3ccc(C(F)(F)F)cn3)cc2)CC1. The summed E-state index contributed by atoms with van der Waals surface area (Å²) in [6, 6.07) is 8.29. The third-order valence-corrected chi connectivity index (χ3v) is 6.75. The lowest BCUT2D eigenvalue weighted by molar-refractivity contribution is -0.137. The van der Waals surface area contributed by atoms with Gasteiger partial charge in [0, 0.05) is 43.0 Å². The fourth-order valence-electron chi connectivity index (χ4n) is 3.61. The van der Waals surface area contributed by atoms with Crippen molar-refractivity contribution >= 4 is 17.9 Å². The number of nitrogens with zero attached hydrogens (tertiary/aromatic N) is 3. The number of alkyl halides is 3. The second-order valence-electron chi connectivity index (χ2n) is 7.87. The summed E-state index contributed by atoms with van der Waals surface area (Å²) in [5.41, 5.74) is -0.850. The van der Waals surface area contributed by atoms with E-state index >= 15 is 0 Å². The van der Waals surface area contributed by atoms with Crippen LogP contribution in [0.4, 0.5) is 18.0 Å². The molecular weight excluding hydrogens is 469 g/mol. The average molecular weight is 493 g/mol. The minimum atomic E-state index is -4.45. The second-order valence-corrected chi connectivity index (χ2v) is 9.23. The van der Waals surface area contributed by atoms with E-state index in [9.17, 15) is 18.0 Å². The van der Waals surface area contributed by atoms with Crippen molar-refractivity contribution in [1.29, 1.82) is 0 Å². The first-order valence-corrected chi connectivity index (χ1v) is 11.6. The Labute approximate surface area is 198 Å². The summed E-state index contributed by atoms with van der Waals surface area (Å²) in [6.45, 7) is 3.41. The number of benzene rings is 1. The van der Waals surface area contributed by atoms with E-state index < -0.39 is 17.8 Å². The van der Waals surface area contributed by atoms with Crippen LogP contribution < -0.4 is 9.47 Å². The van der Waals surface area contributed by atoms with Crippen LogP contribution in [0, 0.1) is 5.92 Å². The minimum absolute atomic E-state index is 0.0278. The molecule has 1 unspecified atom stereocenters. The highest BCUT2D eigenvalue weighted by atomic mass is 32.2. The standard InChI is InChI=1S/C23H23F3N4O3S/c1-15(34-21-27-10-11-28-21)16-8-12-30(13-9-16)22(31)33-19-5-3-18(4-6-19)32-20-7-2-17(14-29-20)23(24,25)26/h2-7,10-11,14-16H,8-9,12-13H2,1H3,(H,27,28). The fourth-order valence-corrected chi connectivity index (χ4v) is 4.68. The van der Waals surface area contributed by atoms with Gasteiger partial charge >= 0.3 is 12.3 Å². The summed E-state index contributed by atoms with van der Waals surface area (Å²) in [5, 5.41) is 1.28. The Bertz CT molecular complexity index is 1070. The molecule has 1 amide bonds. The molecule has 0 spiro atoms. The van der Waals surface area contributed by atoms with Crippen LogP contribution in [-0.2, 0) is 6.18 Å². The van der Waals surface area contributed by atoms with Crippen molar-refractivity contribution in [2.24, 2.45) is 5.92 Å². The van der Waals surface area contributed by atoms with Gasteiger partial charge in [0.2, 0.25) is 5.88 Å². The molecule has 0 aliphatic carbocycles. The monoisotopic (exact) mass is 492 g/mol. The van der Waals surface area contributed by atoms with E-state index in [0.29, 0.717) is 42.0 Å². The molecule has 11 heteroatoms. The molecule has 1 aliphatic rings. The zero-order valence-corrected chi connectivity index (χ0v) is 19.1. The molecule has 180 valence electrons. The number of thioether (sulfide) groups is 1. The fraction of sp³-hybridized carbons (Fsp3) is 0.348. The number of piperidine rings is 1. The van der Waals surface area contributed by atoms with E-state index in [1.165, 1.54) is 0 Å². The van der Waals surface area contributed by atoms with Crippen LogP contribution in [0.1, 0.15) is 25.3 Å². The number of likely N-dealkylation sites (tertiary alicyclic amines) is 1. The molecule has 0 radical (unpaired) electrons. The number of aromatic nitrogens is 3. The summed E-state index contributed by atoms with van der Waals surface area (Å²) in [4.78, 5) is 25.3. The molecule has 1 saturated heterocycles. The van der Waals surface area contributed by atoms with Crippen molar-refractivity contribution in [3.05, 3.63) is 60.6 Å². The first kappa shape index (κ1) is 23.9. The molecule has 1 aromatic carbocycles. The van der Waals surface area contributed by atoms with Gasteiger partial charge in [0.15, 0.2) is 5.16 Å². The van der Waals surface area contributed by atoms with Gasteiger partial charge in [-0.3, -0.25) is 0 Å². The van der Waals surface area contributed by atoms with Gasteiger partial charge in [0.25, 0.3) is 0 Å². The van der Waals surface area contributed by atoms with E-state index in [0.717, 1.165) is 30.1 Å². The Kier molecular flexibility index (Phi) is 7.30. The number of nitrogens with one attached hydrogen (secondary N) is 1. The third-order valence-electron chi connectivity index (χ3n) is 5.55. The Morgan fingerprint density at radius 2 is 1.82 bits per heavy atom. The Hall–Kier alpha value is -3.21. The van der Waals surface area contributed by atoms with Gasteiger partial charge in [-0.25, -0.2) is 14.8 Å². The van der Waals surface area contributed by atoms with Crippen LogP contribution in [0.2, 0.25) is 0 Å². The molecule has 1 aliphatic heterocycles. The molecule has 1 fully saturated rings. The number of imidazole rings is 1. The molecular formula is C23H23F3N4O3S. The van der Waals surface area contributed by atoms with Crippen LogP contribution in [0.3, 0.4) is 0 Å². The van der Waals surface area contributed by atoms with Crippen molar-refractivity contribution < 1.29 is 27.4 Å². The highest BCUT2D eigenvalue weighted by Gasteiger charge is 2.31. The van der Waals surface area contributed by atoms with E-state index in [1.807, 2.05) is 0 Å². The van der Waals surface area contributed by atoms with Gasteiger partial charge in [-0.05, 0) is 49.1 Å². The maximum atomic E-state index is 12.6. The lowest BCUT2D eigenvalue weighted by atomic mass is 9.94. The van der Waals surface area contributed by atoms with E-state index in [-0.39, 0.29) is 5.88 Å². The van der Waals surface area contributed by atoms with Gasteiger partial charge in [-0.1, -0.05) is 18.7 Å². The Morgan fingerprint density at radius 3 is 2.41 bits per heavy atom. The molecule has 4 rings (SSSR count). The molecule has 1 atom stereocenters. The molecule has 0 saturated carbocycles. The smallest absolute Gasteiger partial charge is 0.417 e. The first-order valence-electron chi connectivity index (χ1n) is 10.7. The van der Waals surface area contributed by atoms with Gasteiger partial charge < -0.3 is 19.4 Å². The number of hydrogen-bond acceptors (Lipinski definition) is 6. The van der Waals surface area contributed by atoms with Crippen molar-refractivity contribution in [3.8, 4) is 17.4 Å². The van der Waals surface area contributed by atoms with Gasteiger partial charge in [-0.15, -0.1) is 0 Å². The predicted molar refractivity (Wildman–Crippen MR) is 120 cm³/mol. The first-order chi connectivity index (χ1) is 16.3. The Morgan fingerprint density at radius 1 is 1.12 bits per heavy atom. The number of hydrogen-bond donors (Lipinski definition) is 1. The van der Waals surface area contributed by atoms with Crippen LogP contribution >= 0.6 is 11.8 Å². The maximum absolute atomic E-state index is 12.6. The number of ether oxygens (including phenoxy) is 2. The maximum Gasteiger partial charge on any atom is 0.417 e. The average Bonchev–Trinajstić information content (AvgIpc) is 3.33. The highest BCUT2D eigenvalue weighted by Crippen LogP contribution is 2.32. The minimum Gasteiger partial charge on any atom is -0.439 e. The van der Waals surface area contributed by atoms with E-state index in [4.69, 9.17) is 9.47 Å². The molecule has 0 bridgehead atoms. The summed E-state index contributed by atoms with van der Waals surface area (Å²) in [7, 11) is 0.